The Kier molecular flexibility index (Phi) is 6.42. The molecule has 0 unspecified atom stereocenters. The van der Waals surface area contributed by atoms with E-state index in [1.54, 1.807) is 0 Å². The van der Waals surface area contributed by atoms with E-state index in [9.17, 15) is 0 Å². The summed E-state index contributed by atoms with van der Waals surface area (Å²) in [5.41, 5.74) is 10.3. The molecule has 0 aliphatic rings. The molecule has 0 bridgehead atoms. The fraction of sp³-hybridized carbons (Fsp3) is 0. The van der Waals surface area contributed by atoms with Crippen molar-refractivity contribution >= 4 is 43.9 Å². The minimum Gasteiger partial charge on any atom is -0.456 e. The van der Waals surface area contributed by atoms with E-state index in [2.05, 4.69) is 66.7 Å². The average Bonchev–Trinajstić information content (AvgIpc) is 3.76. The van der Waals surface area contributed by atoms with Gasteiger partial charge in [0.2, 0.25) is 0 Å². The number of hydrogen-bond donors (Lipinski definition) is 0. The number of nitrogens with zero attached hydrogens (tertiary/aromatic N) is 3. The molecular weight excluding hydrogens is 615 g/mol. The molecule has 7 aromatic carbocycles. The quantitative estimate of drug-likeness (QED) is 0.187. The first-order chi connectivity index (χ1) is 24.7. The highest BCUT2D eigenvalue weighted by atomic mass is 16.3. The monoisotopic (exact) mass is 641 g/mol. The van der Waals surface area contributed by atoms with Gasteiger partial charge in [-0.05, 0) is 64.7 Å². The van der Waals surface area contributed by atoms with Gasteiger partial charge in [-0.25, -0.2) is 15.0 Å². The molecule has 50 heavy (non-hydrogen) atoms. The van der Waals surface area contributed by atoms with Crippen LogP contribution in [0.3, 0.4) is 0 Å². The molecule has 0 saturated carbocycles. The van der Waals surface area contributed by atoms with Gasteiger partial charge in [0, 0.05) is 38.2 Å². The van der Waals surface area contributed by atoms with E-state index < -0.39 is 0 Å². The number of hydrogen-bond acceptors (Lipinski definition) is 5. The summed E-state index contributed by atoms with van der Waals surface area (Å²) in [6.45, 7) is 0. The highest BCUT2D eigenvalue weighted by molar-refractivity contribution is 6.07. The van der Waals surface area contributed by atoms with Crippen LogP contribution in [-0.4, -0.2) is 15.0 Å². The van der Waals surface area contributed by atoms with Crippen LogP contribution in [-0.2, 0) is 0 Å². The maximum absolute atomic E-state index is 6.28. The Hall–Kier alpha value is -6.85. The number of fused-ring (bicyclic) bond motifs is 6. The lowest BCUT2D eigenvalue weighted by molar-refractivity contribution is 0.668. The van der Waals surface area contributed by atoms with Crippen molar-refractivity contribution in [3.8, 4) is 56.4 Å². The largest absolute Gasteiger partial charge is 0.456 e. The minimum atomic E-state index is 0.594. The van der Waals surface area contributed by atoms with Gasteiger partial charge >= 0.3 is 0 Å². The number of benzene rings is 7. The topological polar surface area (TPSA) is 65.0 Å². The van der Waals surface area contributed by atoms with Gasteiger partial charge < -0.3 is 8.83 Å². The van der Waals surface area contributed by atoms with Crippen LogP contribution < -0.4 is 0 Å². The maximum atomic E-state index is 6.28. The lowest BCUT2D eigenvalue weighted by Gasteiger charge is -2.14. The normalized spacial score (nSPS) is 11.6. The van der Waals surface area contributed by atoms with Gasteiger partial charge in [-0.15, -0.1) is 0 Å². The van der Waals surface area contributed by atoms with E-state index in [4.69, 9.17) is 23.8 Å². The van der Waals surface area contributed by atoms with Gasteiger partial charge in [0.15, 0.2) is 17.5 Å². The fourth-order valence-electron chi connectivity index (χ4n) is 6.89. The number of rotatable bonds is 5. The van der Waals surface area contributed by atoms with Crippen LogP contribution >= 0.6 is 0 Å². The smallest absolute Gasteiger partial charge is 0.164 e. The first-order valence-corrected chi connectivity index (χ1v) is 16.6. The SMILES string of the molecule is c1ccc(-c2nc(-c3ccccc3)nc(-c3cc(-c4ccc5c(c4)oc4ccccc45)ccc3-c3ccc4oc5ccccc5c4c3)n2)cc1. The molecule has 0 aliphatic heterocycles. The van der Waals surface area contributed by atoms with Crippen molar-refractivity contribution in [2.75, 3.05) is 0 Å². The molecule has 0 spiro atoms. The molecule has 0 amide bonds. The lowest BCUT2D eigenvalue weighted by Crippen LogP contribution is -2.01. The Morgan fingerprint density at radius 3 is 1.48 bits per heavy atom. The second-order valence-corrected chi connectivity index (χ2v) is 12.4. The molecular formula is C45H27N3O2. The summed E-state index contributed by atoms with van der Waals surface area (Å²) < 4.78 is 12.5. The molecule has 0 aliphatic carbocycles. The Bertz CT molecular complexity index is 2810. The zero-order valence-corrected chi connectivity index (χ0v) is 26.7. The van der Waals surface area contributed by atoms with Crippen molar-refractivity contribution in [3.63, 3.8) is 0 Å². The number of para-hydroxylation sites is 2. The van der Waals surface area contributed by atoms with Gasteiger partial charge in [0.1, 0.15) is 22.3 Å². The van der Waals surface area contributed by atoms with Gasteiger partial charge in [-0.2, -0.15) is 0 Å². The van der Waals surface area contributed by atoms with Crippen LogP contribution in [0.25, 0.3) is 100 Å². The Labute approximate surface area is 287 Å². The van der Waals surface area contributed by atoms with E-state index in [1.807, 2.05) is 97.1 Å². The third kappa shape index (κ3) is 4.75. The van der Waals surface area contributed by atoms with Crippen LogP contribution in [0.2, 0.25) is 0 Å². The summed E-state index contributed by atoms with van der Waals surface area (Å²) in [5, 5.41) is 4.35. The van der Waals surface area contributed by atoms with E-state index in [0.717, 1.165) is 82.8 Å². The van der Waals surface area contributed by atoms with Crippen molar-refractivity contribution in [1.29, 1.82) is 0 Å². The molecule has 3 aromatic heterocycles. The summed E-state index contributed by atoms with van der Waals surface area (Å²) in [6, 6.07) is 55.8. The van der Waals surface area contributed by atoms with Crippen LogP contribution in [0.1, 0.15) is 0 Å². The molecule has 5 heteroatoms. The summed E-state index contributed by atoms with van der Waals surface area (Å²) in [7, 11) is 0. The third-order valence-corrected chi connectivity index (χ3v) is 9.36. The average molecular weight is 642 g/mol. The molecule has 3 heterocycles. The molecule has 0 saturated heterocycles. The Morgan fingerprint density at radius 2 is 0.780 bits per heavy atom. The minimum absolute atomic E-state index is 0.594. The molecule has 0 radical (unpaired) electrons. The fourth-order valence-corrected chi connectivity index (χ4v) is 6.89. The molecule has 5 nitrogen and oxygen atoms in total. The van der Waals surface area contributed by atoms with Crippen molar-refractivity contribution < 1.29 is 8.83 Å². The van der Waals surface area contributed by atoms with Crippen molar-refractivity contribution in [2.24, 2.45) is 0 Å². The highest BCUT2D eigenvalue weighted by Gasteiger charge is 2.19. The summed E-state index contributed by atoms with van der Waals surface area (Å²) >= 11 is 0. The lowest BCUT2D eigenvalue weighted by atomic mass is 9.93. The summed E-state index contributed by atoms with van der Waals surface area (Å²) in [6.07, 6.45) is 0. The first-order valence-electron chi connectivity index (χ1n) is 16.6. The van der Waals surface area contributed by atoms with Crippen LogP contribution in [0.5, 0.6) is 0 Å². The molecule has 10 aromatic rings. The van der Waals surface area contributed by atoms with Crippen molar-refractivity contribution in [2.45, 2.75) is 0 Å². The number of aromatic nitrogens is 3. The van der Waals surface area contributed by atoms with Crippen LogP contribution in [0.15, 0.2) is 173 Å². The standard InChI is InChI=1S/C45H27N3O2/c1-3-11-28(12-4-1)43-46-44(29-13-5-2-6-14-29)48-45(47-43)38-25-30(31-20-23-36-34-15-7-9-17-39(34)50-42(36)27-31)19-22-33(38)32-21-24-41-37(26-32)35-16-8-10-18-40(35)49-41/h1-27H. The molecule has 0 atom stereocenters. The summed E-state index contributed by atoms with van der Waals surface area (Å²) in [4.78, 5) is 15.2. The molecule has 234 valence electrons. The Morgan fingerprint density at radius 1 is 0.280 bits per heavy atom. The third-order valence-electron chi connectivity index (χ3n) is 9.36. The maximum Gasteiger partial charge on any atom is 0.164 e. The van der Waals surface area contributed by atoms with Gasteiger partial charge in [0.25, 0.3) is 0 Å². The van der Waals surface area contributed by atoms with E-state index >= 15 is 0 Å². The van der Waals surface area contributed by atoms with Crippen LogP contribution in [0.4, 0.5) is 0 Å². The zero-order valence-electron chi connectivity index (χ0n) is 26.7. The Balaban J connectivity index is 1.21. The zero-order chi connectivity index (χ0) is 33.0. The predicted molar refractivity (Wildman–Crippen MR) is 202 cm³/mol. The van der Waals surface area contributed by atoms with Crippen molar-refractivity contribution in [3.05, 3.63) is 164 Å². The predicted octanol–water partition coefficient (Wildman–Crippen LogP) is 12.0. The van der Waals surface area contributed by atoms with Crippen molar-refractivity contribution in [1.82, 2.24) is 15.0 Å². The van der Waals surface area contributed by atoms with E-state index in [0.29, 0.717) is 17.5 Å². The first kappa shape index (κ1) is 28.2. The second-order valence-electron chi connectivity index (χ2n) is 12.4. The highest BCUT2D eigenvalue weighted by Crippen LogP contribution is 2.40. The molecule has 0 N–H and O–H groups in total. The van der Waals surface area contributed by atoms with E-state index in [1.165, 1.54) is 0 Å². The molecule has 10 rings (SSSR count). The van der Waals surface area contributed by atoms with E-state index in [-0.39, 0.29) is 0 Å². The molecule has 0 fully saturated rings. The summed E-state index contributed by atoms with van der Waals surface area (Å²) in [5.74, 6) is 1.83. The van der Waals surface area contributed by atoms with Gasteiger partial charge in [-0.3, -0.25) is 0 Å². The number of furan rings is 2. The second kappa shape index (κ2) is 11.4. The van der Waals surface area contributed by atoms with Crippen LogP contribution in [0, 0.1) is 0 Å². The van der Waals surface area contributed by atoms with Gasteiger partial charge in [-0.1, -0.05) is 121 Å². The van der Waals surface area contributed by atoms with Gasteiger partial charge in [0.05, 0.1) is 0 Å².